The van der Waals surface area contributed by atoms with Crippen LogP contribution in [0.15, 0.2) is 47.4 Å². The van der Waals surface area contributed by atoms with Crippen LogP contribution in [0.3, 0.4) is 0 Å². The second-order valence-corrected chi connectivity index (χ2v) is 9.75. The molecule has 2 aromatic carbocycles. The molecule has 0 unspecified atom stereocenters. The molecular weight excluding hydrogens is 456 g/mol. The number of Topliss-reactive ketones (excluding diaryl/α,β-unsaturated/α-hetero) is 1. The summed E-state index contributed by atoms with van der Waals surface area (Å²) in [7, 11) is -3.98. The van der Waals surface area contributed by atoms with E-state index in [0.29, 0.717) is 40.1 Å². The number of amides is 1. The minimum Gasteiger partial charge on any atom is -0.310 e. The van der Waals surface area contributed by atoms with Crippen molar-refractivity contribution >= 4 is 39.1 Å². The van der Waals surface area contributed by atoms with Crippen LogP contribution in [0.1, 0.15) is 53.1 Å². The second-order valence-electron chi connectivity index (χ2n) is 8.10. The van der Waals surface area contributed by atoms with E-state index in [1.54, 1.807) is 31.2 Å². The fourth-order valence-electron chi connectivity index (χ4n) is 3.86. The van der Waals surface area contributed by atoms with Crippen LogP contribution >= 0.6 is 0 Å². The number of hydrogen-bond acceptors (Lipinski definition) is 6. The maximum atomic E-state index is 13.2. The van der Waals surface area contributed by atoms with Crippen LogP contribution in [0.4, 0.5) is 11.5 Å². The van der Waals surface area contributed by atoms with Gasteiger partial charge in [0.05, 0.1) is 10.6 Å². The van der Waals surface area contributed by atoms with E-state index in [4.69, 9.17) is 0 Å². The summed E-state index contributed by atoms with van der Waals surface area (Å²) in [5.74, 6) is -0.462. The lowest BCUT2D eigenvalue weighted by atomic mass is 10.0. The number of sulfonamides is 1. The number of carbonyl (C=O) groups excluding carboxylic acids is 3. The van der Waals surface area contributed by atoms with Crippen molar-refractivity contribution in [2.24, 2.45) is 0 Å². The molecule has 4 rings (SSSR count). The molecule has 1 aromatic heterocycles. The molecule has 176 valence electrons. The van der Waals surface area contributed by atoms with E-state index in [2.05, 4.69) is 15.1 Å². The van der Waals surface area contributed by atoms with Crippen LogP contribution in [0.25, 0.3) is 11.1 Å². The van der Waals surface area contributed by atoms with Crippen LogP contribution in [-0.2, 0) is 21.2 Å². The van der Waals surface area contributed by atoms with Gasteiger partial charge in [-0.1, -0.05) is 19.1 Å². The molecule has 9 nitrogen and oxygen atoms in total. The molecule has 0 aliphatic carbocycles. The van der Waals surface area contributed by atoms with E-state index < -0.39 is 10.0 Å². The fraction of sp³-hybridized carbons (Fsp3) is 0.250. The first-order chi connectivity index (χ1) is 16.1. The molecule has 0 spiro atoms. The lowest BCUT2D eigenvalue weighted by Gasteiger charge is -2.13. The first kappa shape index (κ1) is 23.4. The summed E-state index contributed by atoms with van der Waals surface area (Å²) in [4.78, 5) is 36.2. The van der Waals surface area contributed by atoms with Gasteiger partial charge in [0.25, 0.3) is 10.0 Å². The summed E-state index contributed by atoms with van der Waals surface area (Å²) in [6.07, 6.45) is 0.584. The number of aromatic nitrogens is 2. The zero-order chi connectivity index (χ0) is 24.6. The molecule has 2 heterocycles. The van der Waals surface area contributed by atoms with Gasteiger partial charge in [-0.05, 0) is 61.7 Å². The maximum absolute atomic E-state index is 13.2. The Balaban J connectivity index is 1.78. The molecule has 10 heteroatoms. The van der Waals surface area contributed by atoms with E-state index in [1.165, 1.54) is 29.8 Å². The van der Waals surface area contributed by atoms with Gasteiger partial charge in [-0.25, -0.2) is 8.42 Å². The zero-order valence-corrected chi connectivity index (χ0v) is 19.8. The fourth-order valence-corrected chi connectivity index (χ4v) is 5.19. The van der Waals surface area contributed by atoms with E-state index in [-0.39, 0.29) is 41.2 Å². The number of nitrogens with zero attached hydrogens (tertiary/aromatic N) is 2. The van der Waals surface area contributed by atoms with Gasteiger partial charge in [-0.2, -0.15) is 9.78 Å². The number of fused-ring (bicyclic) bond motifs is 1. The highest BCUT2D eigenvalue weighted by atomic mass is 32.2. The quantitative estimate of drug-likeness (QED) is 0.517. The summed E-state index contributed by atoms with van der Waals surface area (Å²) in [6, 6.07) is 11.1. The Morgan fingerprint density at radius 1 is 1.12 bits per heavy atom. The van der Waals surface area contributed by atoms with Crippen LogP contribution in [0.5, 0.6) is 0 Å². The standard InChI is InChI=1S/C24H24N4O5S/c1-4-19-23(24-25-21(30)11-12-22(31)28(24)26-19)17-6-5-14(2)20(13-17)34(32,33)27-18-9-7-16(8-10-18)15(3)29/h5-10,13,27H,4,11-12H2,1-3H3,(H,25,30). The van der Waals surface area contributed by atoms with E-state index >= 15 is 0 Å². The summed E-state index contributed by atoms with van der Waals surface area (Å²) in [5, 5.41) is 7.14. The number of benzene rings is 2. The summed E-state index contributed by atoms with van der Waals surface area (Å²) in [6.45, 7) is 4.99. The number of carbonyl (C=O) groups is 3. The summed E-state index contributed by atoms with van der Waals surface area (Å²) < 4.78 is 30.2. The van der Waals surface area contributed by atoms with Crippen molar-refractivity contribution in [1.82, 2.24) is 9.78 Å². The van der Waals surface area contributed by atoms with Gasteiger partial charge >= 0.3 is 0 Å². The number of hydrogen-bond donors (Lipinski definition) is 2. The number of ketones is 1. The monoisotopic (exact) mass is 480 g/mol. The molecule has 34 heavy (non-hydrogen) atoms. The van der Waals surface area contributed by atoms with Gasteiger partial charge in [0, 0.05) is 29.7 Å². The van der Waals surface area contributed by atoms with Crippen LogP contribution in [-0.4, -0.2) is 35.8 Å². The third kappa shape index (κ3) is 4.36. The highest BCUT2D eigenvalue weighted by Crippen LogP contribution is 2.36. The molecule has 1 aliphatic rings. The molecule has 0 atom stereocenters. The number of rotatable bonds is 6. The highest BCUT2D eigenvalue weighted by Gasteiger charge is 2.28. The van der Waals surface area contributed by atoms with E-state index in [1.807, 2.05) is 6.92 Å². The zero-order valence-electron chi connectivity index (χ0n) is 19.0. The summed E-state index contributed by atoms with van der Waals surface area (Å²) in [5.41, 5.74) is 2.94. The molecule has 3 aromatic rings. The van der Waals surface area contributed by atoms with Gasteiger partial charge in [-0.15, -0.1) is 0 Å². The largest absolute Gasteiger partial charge is 0.310 e. The second kappa shape index (κ2) is 8.86. The number of nitrogens with one attached hydrogen (secondary N) is 2. The van der Waals surface area contributed by atoms with Gasteiger partial charge in [0.1, 0.15) is 5.82 Å². The molecule has 0 saturated heterocycles. The van der Waals surface area contributed by atoms with Crippen LogP contribution < -0.4 is 10.0 Å². The molecule has 0 radical (unpaired) electrons. The van der Waals surface area contributed by atoms with Gasteiger partial charge < -0.3 is 5.32 Å². The number of anilines is 2. The molecule has 0 saturated carbocycles. The summed E-state index contributed by atoms with van der Waals surface area (Å²) >= 11 is 0. The minimum absolute atomic E-state index is 0.0446. The van der Waals surface area contributed by atoms with Gasteiger partial charge in [0.15, 0.2) is 5.78 Å². The Hall–Kier alpha value is -3.79. The Kier molecular flexibility index (Phi) is 6.09. The molecule has 0 bridgehead atoms. The van der Waals surface area contributed by atoms with Gasteiger partial charge in [0.2, 0.25) is 11.8 Å². The normalized spacial score (nSPS) is 13.7. The van der Waals surface area contributed by atoms with E-state index in [9.17, 15) is 22.8 Å². The van der Waals surface area contributed by atoms with Crippen molar-refractivity contribution < 1.29 is 22.8 Å². The van der Waals surface area contributed by atoms with Crippen molar-refractivity contribution in [3.05, 3.63) is 59.3 Å². The smallest absolute Gasteiger partial charge is 0.262 e. The molecule has 1 amide bonds. The Bertz CT molecular complexity index is 1420. The van der Waals surface area contributed by atoms with Crippen molar-refractivity contribution in [2.45, 2.75) is 44.9 Å². The van der Waals surface area contributed by atoms with Gasteiger partial charge in [-0.3, -0.25) is 19.1 Å². The lowest BCUT2D eigenvalue weighted by molar-refractivity contribution is -0.116. The molecular formula is C24H24N4O5S. The van der Waals surface area contributed by atoms with Crippen molar-refractivity contribution in [3.63, 3.8) is 0 Å². The molecule has 0 fully saturated rings. The predicted octanol–water partition coefficient (Wildman–Crippen LogP) is 3.80. The SMILES string of the molecule is CCc1nn2c(c1-c1ccc(C)c(S(=O)(=O)Nc3ccc(C(C)=O)cc3)c1)NC(=O)CCC2=O. The molecule has 1 aliphatic heterocycles. The topological polar surface area (TPSA) is 127 Å². The van der Waals surface area contributed by atoms with Crippen LogP contribution in [0, 0.1) is 6.92 Å². The first-order valence-electron chi connectivity index (χ1n) is 10.8. The first-order valence-corrected chi connectivity index (χ1v) is 12.3. The number of aryl methyl sites for hydroxylation is 2. The predicted molar refractivity (Wildman–Crippen MR) is 128 cm³/mol. The molecule has 2 N–H and O–H groups in total. The van der Waals surface area contributed by atoms with E-state index in [0.717, 1.165) is 0 Å². The third-order valence-corrected chi connectivity index (χ3v) is 7.19. The van der Waals surface area contributed by atoms with Crippen molar-refractivity contribution in [1.29, 1.82) is 0 Å². The average molecular weight is 481 g/mol. The minimum atomic E-state index is -3.98. The van der Waals surface area contributed by atoms with Crippen LogP contribution in [0.2, 0.25) is 0 Å². The van der Waals surface area contributed by atoms with Crippen molar-refractivity contribution in [2.75, 3.05) is 10.0 Å². The Morgan fingerprint density at radius 2 is 1.82 bits per heavy atom. The third-order valence-electron chi connectivity index (χ3n) is 5.66. The Labute approximate surface area is 197 Å². The average Bonchev–Trinajstić information content (AvgIpc) is 3.09. The lowest BCUT2D eigenvalue weighted by Crippen LogP contribution is -2.15. The highest BCUT2D eigenvalue weighted by molar-refractivity contribution is 7.92. The maximum Gasteiger partial charge on any atom is 0.262 e. The Morgan fingerprint density at radius 3 is 2.47 bits per heavy atom. The van der Waals surface area contributed by atoms with Crippen molar-refractivity contribution in [3.8, 4) is 11.1 Å².